The van der Waals surface area contributed by atoms with E-state index in [0.29, 0.717) is 0 Å². The smallest absolute Gasteiger partial charge is 0.343 e. The summed E-state index contributed by atoms with van der Waals surface area (Å²) in [6.07, 6.45) is -0.471. The van der Waals surface area contributed by atoms with Gasteiger partial charge in [-0.2, -0.15) is 0 Å². The van der Waals surface area contributed by atoms with Gasteiger partial charge < -0.3 is 9.84 Å². The van der Waals surface area contributed by atoms with E-state index >= 15 is 0 Å². The van der Waals surface area contributed by atoms with E-state index in [1.807, 2.05) is 0 Å². The number of ether oxygens (including phenoxy) is 1. The van der Waals surface area contributed by atoms with Gasteiger partial charge in [0.15, 0.2) is 0 Å². The Morgan fingerprint density at radius 3 is 2.50 bits per heavy atom. The maximum atomic E-state index is 11.8. The van der Waals surface area contributed by atoms with E-state index in [9.17, 15) is 24.8 Å². The van der Waals surface area contributed by atoms with Gasteiger partial charge in [-0.05, 0) is 6.07 Å². The molecule has 0 bridgehead atoms. The number of methoxy groups -OCH3 is 1. The lowest BCUT2D eigenvalue weighted by molar-refractivity contribution is -0.386. The van der Waals surface area contributed by atoms with Gasteiger partial charge in [0.05, 0.1) is 24.0 Å². The molecule has 0 aromatic heterocycles. The van der Waals surface area contributed by atoms with E-state index in [2.05, 4.69) is 4.74 Å². The molecule has 1 rings (SSSR count). The van der Waals surface area contributed by atoms with Crippen LogP contribution in [0.2, 0.25) is 0 Å². The molecule has 0 saturated carbocycles. The molecule has 0 spiro atoms. The number of carbonyl (C=O) groups is 2. The van der Waals surface area contributed by atoms with E-state index in [0.717, 1.165) is 13.2 Å². The first-order chi connectivity index (χ1) is 9.36. The van der Waals surface area contributed by atoms with Gasteiger partial charge in [0, 0.05) is 12.5 Å². The van der Waals surface area contributed by atoms with Crippen molar-refractivity contribution in [3.05, 3.63) is 39.9 Å². The van der Waals surface area contributed by atoms with E-state index in [1.165, 1.54) is 18.2 Å². The molecule has 0 aliphatic rings. The minimum atomic E-state index is -2.36. The van der Waals surface area contributed by atoms with Crippen LogP contribution in [-0.4, -0.2) is 28.9 Å². The average Bonchev–Trinajstić information content (AvgIpc) is 2.45. The lowest BCUT2D eigenvalue weighted by Gasteiger charge is -2.24. The van der Waals surface area contributed by atoms with Crippen LogP contribution in [0.5, 0.6) is 0 Å². The number of nitro benzene ring substituents is 1. The normalized spacial score (nSPS) is 13.3. The summed E-state index contributed by atoms with van der Waals surface area (Å²) in [7, 11) is 1.04. The van der Waals surface area contributed by atoms with Crippen molar-refractivity contribution in [2.75, 3.05) is 7.11 Å². The summed E-state index contributed by atoms with van der Waals surface area (Å²) in [4.78, 5) is 33.6. The number of carbonyl (C=O) groups excluding carboxylic acids is 2. The molecule has 1 aromatic rings. The summed E-state index contributed by atoms with van der Waals surface area (Å²) in [6.45, 7) is 1.57. The minimum absolute atomic E-state index is 0.0972. The summed E-state index contributed by atoms with van der Waals surface area (Å²) in [5.41, 5.74) is -3.05. The van der Waals surface area contributed by atoms with Crippen LogP contribution in [0, 0.1) is 10.1 Å². The maximum absolute atomic E-state index is 11.8. The fourth-order valence-electron chi connectivity index (χ4n) is 1.84. The number of esters is 1. The van der Waals surface area contributed by atoms with Crippen molar-refractivity contribution < 1.29 is 24.4 Å². The zero-order valence-corrected chi connectivity index (χ0v) is 11.2. The molecule has 1 atom stereocenters. The SMILES string of the molecule is CCC(=O)C[C@](O)(C(=O)OC)c1ccccc1[N+](=O)[O-]. The topological polar surface area (TPSA) is 107 Å². The second kappa shape index (κ2) is 6.25. The van der Waals surface area contributed by atoms with E-state index in [1.54, 1.807) is 6.92 Å². The van der Waals surface area contributed by atoms with Crippen LogP contribution in [0.3, 0.4) is 0 Å². The van der Waals surface area contributed by atoms with Gasteiger partial charge in [-0.25, -0.2) is 4.79 Å². The third-order valence-corrected chi connectivity index (χ3v) is 2.92. The predicted octanol–water partition coefficient (Wildman–Crippen LogP) is 1.32. The molecule has 0 radical (unpaired) electrons. The standard InChI is InChI=1S/C13H15NO6/c1-3-9(15)8-13(17,12(16)20-2)10-6-4-5-7-11(10)14(18)19/h4-7,17H,3,8H2,1-2H3/t13-/m1/s1. The highest BCUT2D eigenvalue weighted by atomic mass is 16.6. The quantitative estimate of drug-likeness (QED) is 0.479. The summed E-state index contributed by atoms with van der Waals surface area (Å²) < 4.78 is 4.49. The van der Waals surface area contributed by atoms with Crippen LogP contribution in [-0.2, 0) is 19.9 Å². The summed E-state index contributed by atoms with van der Waals surface area (Å²) in [6, 6.07) is 5.23. The Morgan fingerprint density at radius 2 is 2.00 bits per heavy atom. The lowest BCUT2D eigenvalue weighted by Crippen LogP contribution is -2.39. The van der Waals surface area contributed by atoms with Gasteiger partial charge in [-0.15, -0.1) is 0 Å². The van der Waals surface area contributed by atoms with E-state index < -0.39 is 34.4 Å². The van der Waals surface area contributed by atoms with Crippen molar-refractivity contribution in [3.63, 3.8) is 0 Å². The number of rotatable bonds is 6. The van der Waals surface area contributed by atoms with Crippen LogP contribution in [0.1, 0.15) is 25.3 Å². The number of nitro groups is 1. The molecule has 0 saturated heterocycles. The Hall–Kier alpha value is -2.28. The first kappa shape index (κ1) is 15.8. The zero-order chi connectivity index (χ0) is 15.3. The molecule has 0 fully saturated rings. The van der Waals surface area contributed by atoms with Gasteiger partial charge in [0.2, 0.25) is 5.60 Å². The van der Waals surface area contributed by atoms with E-state index in [-0.39, 0.29) is 12.0 Å². The first-order valence-electron chi connectivity index (χ1n) is 5.93. The molecule has 0 heterocycles. The molecule has 0 amide bonds. The molecule has 7 heteroatoms. The molecule has 0 unspecified atom stereocenters. The van der Waals surface area contributed by atoms with Crippen LogP contribution in [0.4, 0.5) is 5.69 Å². The second-order valence-electron chi connectivity index (χ2n) is 4.20. The van der Waals surface area contributed by atoms with Crippen LogP contribution in [0.25, 0.3) is 0 Å². The number of hydrogen-bond donors (Lipinski definition) is 1. The average molecular weight is 281 g/mol. The van der Waals surface area contributed by atoms with Crippen molar-refractivity contribution in [1.29, 1.82) is 0 Å². The lowest BCUT2D eigenvalue weighted by atomic mass is 9.87. The third kappa shape index (κ3) is 3.00. The van der Waals surface area contributed by atoms with Gasteiger partial charge in [0.1, 0.15) is 5.78 Å². The molecule has 20 heavy (non-hydrogen) atoms. The number of Topliss-reactive ketones (excluding diaryl/α,β-unsaturated/α-hetero) is 1. The minimum Gasteiger partial charge on any atom is -0.467 e. The van der Waals surface area contributed by atoms with Gasteiger partial charge in [-0.1, -0.05) is 19.1 Å². The van der Waals surface area contributed by atoms with Gasteiger partial charge in [-0.3, -0.25) is 14.9 Å². The van der Waals surface area contributed by atoms with E-state index in [4.69, 9.17) is 0 Å². The largest absolute Gasteiger partial charge is 0.467 e. The molecule has 0 aliphatic carbocycles. The number of hydrogen-bond acceptors (Lipinski definition) is 6. The van der Waals surface area contributed by atoms with Crippen molar-refractivity contribution in [2.24, 2.45) is 0 Å². The Labute approximate surface area is 115 Å². The Kier molecular flexibility index (Phi) is 4.93. The number of para-hydroxylation sites is 1. The van der Waals surface area contributed by atoms with Crippen LogP contribution >= 0.6 is 0 Å². The highest BCUT2D eigenvalue weighted by Gasteiger charge is 2.45. The first-order valence-corrected chi connectivity index (χ1v) is 5.93. The predicted molar refractivity (Wildman–Crippen MR) is 68.9 cm³/mol. The second-order valence-corrected chi connectivity index (χ2v) is 4.20. The van der Waals surface area contributed by atoms with Crippen LogP contribution < -0.4 is 0 Å². The van der Waals surface area contributed by atoms with Gasteiger partial charge in [0.25, 0.3) is 5.69 Å². The van der Waals surface area contributed by atoms with Crippen molar-refractivity contribution >= 4 is 17.4 Å². The zero-order valence-electron chi connectivity index (χ0n) is 11.2. The fourth-order valence-corrected chi connectivity index (χ4v) is 1.84. The molecule has 0 aliphatic heterocycles. The molecule has 108 valence electrons. The number of ketones is 1. The Morgan fingerprint density at radius 1 is 1.40 bits per heavy atom. The van der Waals surface area contributed by atoms with Gasteiger partial charge >= 0.3 is 5.97 Å². The molecule has 1 N–H and O–H groups in total. The summed E-state index contributed by atoms with van der Waals surface area (Å²) in [5.74, 6) is -1.51. The molecule has 1 aromatic carbocycles. The van der Waals surface area contributed by atoms with Crippen molar-refractivity contribution in [1.82, 2.24) is 0 Å². The summed E-state index contributed by atoms with van der Waals surface area (Å²) >= 11 is 0. The number of nitrogens with zero attached hydrogens (tertiary/aromatic N) is 1. The number of aliphatic hydroxyl groups is 1. The summed E-state index contributed by atoms with van der Waals surface area (Å²) in [5, 5.41) is 21.5. The Bertz CT molecular complexity index is 541. The van der Waals surface area contributed by atoms with Crippen molar-refractivity contribution in [3.8, 4) is 0 Å². The molecule has 7 nitrogen and oxygen atoms in total. The highest BCUT2D eigenvalue weighted by Crippen LogP contribution is 2.34. The third-order valence-electron chi connectivity index (χ3n) is 2.92. The highest BCUT2D eigenvalue weighted by molar-refractivity contribution is 5.90. The van der Waals surface area contributed by atoms with Crippen LogP contribution in [0.15, 0.2) is 24.3 Å². The maximum Gasteiger partial charge on any atom is 0.343 e. The van der Waals surface area contributed by atoms with Crippen molar-refractivity contribution in [2.45, 2.75) is 25.4 Å². The molecular weight excluding hydrogens is 266 g/mol. The fraction of sp³-hybridized carbons (Fsp3) is 0.385. The monoisotopic (exact) mass is 281 g/mol. The Balaban J connectivity index is 3.42. The molecular formula is C13H15NO6. The number of benzene rings is 1.